The van der Waals surface area contributed by atoms with Crippen LogP contribution in [0.4, 0.5) is 11.5 Å². The van der Waals surface area contributed by atoms with Crippen molar-refractivity contribution in [3.63, 3.8) is 0 Å². The molecule has 5 heteroatoms. The highest BCUT2D eigenvalue weighted by atomic mass is 35.5. The molecule has 0 bridgehead atoms. The molecule has 0 fully saturated rings. The summed E-state index contributed by atoms with van der Waals surface area (Å²) >= 11 is 5.73. The summed E-state index contributed by atoms with van der Waals surface area (Å²) in [5, 5.41) is 3.03. The monoisotopic (exact) mass is 261 g/mol. The van der Waals surface area contributed by atoms with E-state index in [0.29, 0.717) is 16.7 Å². The molecule has 2 rings (SSSR count). The lowest BCUT2D eigenvalue weighted by Crippen LogP contribution is -2.15. The maximum Gasteiger partial charge on any atom is 0.229 e. The van der Waals surface area contributed by atoms with Crippen LogP contribution in [0, 0.1) is 0 Å². The van der Waals surface area contributed by atoms with Crippen LogP contribution in [0.2, 0.25) is 5.15 Å². The molecule has 2 aromatic rings. The number of nitrogen functional groups attached to an aromatic ring is 1. The number of aromatic nitrogens is 1. The summed E-state index contributed by atoms with van der Waals surface area (Å²) in [6, 6.07) is 12.2. The van der Waals surface area contributed by atoms with Gasteiger partial charge in [-0.15, -0.1) is 0 Å². The minimum atomic E-state index is -0.144. The SMILES string of the molecule is Nc1ccc(CC(=O)Nc2cccc(Cl)n2)cc1. The molecule has 0 radical (unpaired) electrons. The van der Waals surface area contributed by atoms with Crippen LogP contribution in [0.3, 0.4) is 0 Å². The van der Waals surface area contributed by atoms with Crippen molar-refractivity contribution in [2.75, 3.05) is 11.1 Å². The van der Waals surface area contributed by atoms with E-state index in [9.17, 15) is 4.79 Å². The number of anilines is 2. The summed E-state index contributed by atoms with van der Waals surface area (Å²) in [7, 11) is 0. The number of hydrogen-bond acceptors (Lipinski definition) is 3. The molecule has 1 aromatic heterocycles. The fraction of sp³-hybridized carbons (Fsp3) is 0.0769. The zero-order valence-corrected chi connectivity index (χ0v) is 10.3. The van der Waals surface area contributed by atoms with Gasteiger partial charge in [0.1, 0.15) is 11.0 Å². The first kappa shape index (κ1) is 12.4. The fourth-order valence-corrected chi connectivity index (χ4v) is 1.65. The lowest BCUT2D eigenvalue weighted by atomic mass is 10.1. The number of pyridine rings is 1. The van der Waals surface area contributed by atoms with Crippen LogP contribution >= 0.6 is 11.6 Å². The molecule has 3 N–H and O–H groups in total. The molecule has 0 aliphatic heterocycles. The van der Waals surface area contributed by atoms with Gasteiger partial charge in [-0.2, -0.15) is 0 Å². The van der Waals surface area contributed by atoms with Gasteiger partial charge in [0.2, 0.25) is 5.91 Å². The largest absolute Gasteiger partial charge is 0.399 e. The first-order valence-corrected chi connectivity index (χ1v) is 5.78. The maximum atomic E-state index is 11.8. The minimum absolute atomic E-state index is 0.144. The number of carbonyl (C=O) groups is 1. The smallest absolute Gasteiger partial charge is 0.229 e. The van der Waals surface area contributed by atoms with Gasteiger partial charge in [-0.25, -0.2) is 4.98 Å². The number of amides is 1. The van der Waals surface area contributed by atoms with Crippen molar-refractivity contribution in [2.24, 2.45) is 0 Å². The summed E-state index contributed by atoms with van der Waals surface area (Å²) in [6.45, 7) is 0. The van der Waals surface area contributed by atoms with Gasteiger partial charge < -0.3 is 11.1 Å². The molecule has 0 aliphatic rings. The molecule has 0 spiro atoms. The Morgan fingerprint density at radius 2 is 1.94 bits per heavy atom. The molecule has 18 heavy (non-hydrogen) atoms. The van der Waals surface area contributed by atoms with Gasteiger partial charge in [-0.05, 0) is 29.8 Å². The lowest BCUT2D eigenvalue weighted by molar-refractivity contribution is -0.115. The number of hydrogen-bond donors (Lipinski definition) is 2. The number of rotatable bonds is 3. The third-order valence-corrected chi connectivity index (χ3v) is 2.54. The Kier molecular flexibility index (Phi) is 3.79. The van der Waals surface area contributed by atoms with Crippen molar-refractivity contribution in [3.05, 3.63) is 53.2 Å². The van der Waals surface area contributed by atoms with Crippen molar-refractivity contribution in [2.45, 2.75) is 6.42 Å². The molecule has 1 heterocycles. The third kappa shape index (κ3) is 3.46. The molecular weight excluding hydrogens is 250 g/mol. The highest BCUT2D eigenvalue weighted by molar-refractivity contribution is 6.29. The zero-order valence-electron chi connectivity index (χ0n) is 9.56. The molecule has 92 valence electrons. The van der Waals surface area contributed by atoms with Crippen LogP contribution in [-0.4, -0.2) is 10.9 Å². The van der Waals surface area contributed by atoms with Gasteiger partial charge in [-0.3, -0.25) is 4.79 Å². The van der Waals surface area contributed by atoms with Gasteiger partial charge in [0.25, 0.3) is 0 Å². The number of nitrogens with zero attached hydrogens (tertiary/aromatic N) is 1. The first-order chi connectivity index (χ1) is 8.63. The van der Waals surface area contributed by atoms with Crippen molar-refractivity contribution in [1.29, 1.82) is 0 Å². The van der Waals surface area contributed by atoms with Gasteiger partial charge in [-0.1, -0.05) is 29.8 Å². The van der Waals surface area contributed by atoms with Gasteiger partial charge in [0.15, 0.2) is 0 Å². The fourth-order valence-electron chi connectivity index (χ4n) is 1.49. The number of carbonyl (C=O) groups excluding carboxylic acids is 1. The summed E-state index contributed by atoms with van der Waals surface area (Å²) in [5.74, 6) is 0.303. The predicted octanol–water partition coefficient (Wildman–Crippen LogP) is 2.50. The topological polar surface area (TPSA) is 68.0 Å². The highest BCUT2D eigenvalue weighted by Gasteiger charge is 2.05. The van der Waals surface area contributed by atoms with Crippen molar-refractivity contribution in [1.82, 2.24) is 4.98 Å². The Balaban J connectivity index is 1.98. The normalized spacial score (nSPS) is 10.1. The second kappa shape index (κ2) is 5.51. The predicted molar refractivity (Wildman–Crippen MR) is 72.4 cm³/mol. The third-order valence-electron chi connectivity index (χ3n) is 2.33. The molecule has 4 nitrogen and oxygen atoms in total. The number of halogens is 1. The molecule has 0 saturated carbocycles. The van der Waals surface area contributed by atoms with Crippen molar-refractivity contribution in [3.8, 4) is 0 Å². The van der Waals surface area contributed by atoms with Crippen LogP contribution < -0.4 is 11.1 Å². The quantitative estimate of drug-likeness (QED) is 0.659. The molecule has 0 atom stereocenters. The zero-order chi connectivity index (χ0) is 13.0. The summed E-state index contributed by atoms with van der Waals surface area (Å²) < 4.78 is 0. The van der Waals surface area contributed by atoms with E-state index < -0.39 is 0 Å². The molecule has 0 aliphatic carbocycles. The number of nitrogens with one attached hydrogen (secondary N) is 1. The van der Waals surface area contributed by atoms with E-state index in [4.69, 9.17) is 17.3 Å². The van der Waals surface area contributed by atoms with Crippen LogP contribution in [0.5, 0.6) is 0 Å². The van der Waals surface area contributed by atoms with E-state index in [1.807, 2.05) is 12.1 Å². The Labute approximate surface area is 110 Å². The Hall–Kier alpha value is -2.07. The van der Waals surface area contributed by atoms with E-state index in [1.165, 1.54) is 0 Å². The average Bonchev–Trinajstić information content (AvgIpc) is 2.32. The van der Waals surface area contributed by atoms with E-state index in [-0.39, 0.29) is 12.3 Å². The van der Waals surface area contributed by atoms with Crippen LogP contribution in [0.1, 0.15) is 5.56 Å². The van der Waals surface area contributed by atoms with E-state index in [0.717, 1.165) is 5.56 Å². The van der Waals surface area contributed by atoms with Crippen LogP contribution in [0.25, 0.3) is 0 Å². The Morgan fingerprint density at radius 1 is 1.22 bits per heavy atom. The second-order valence-electron chi connectivity index (χ2n) is 3.81. The molecular formula is C13H12ClN3O. The standard InChI is InChI=1S/C13H12ClN3O/c14-11-2-1-3-12(16-11)17-13(18)8-9-4-6-10(15)7-5-9/h1-7H,8,15H2,(H,16,17,18). The van der Waals surface area contributed by atoms with Gasteiger partial charge in [0.05, 0.1) is 6.42 Å². The molecule has 0 saturated heterocycles. The molecule has 1 amide bonds. The summed E-state index contributed by atoms with van der Waals surface area (Å²) in [6.07, 6.45) is 0.272. The van der Waals surface area contributed by atoms with E-state index in [2.05, 4.69) is 10.3 Å². The first-order valence-electron chi connectivity index (χ1n) is 5.40. The van der Waals surface area contributed by atoms with Crippen molar-refractivity contribution >= 4 is 29.0 Å². The van der Waals surface area contributed by atoms with Gasteiger partial charge >= 0.3 is 0 Å². The van der Waals surface area contributed by atoms with E-state index in [1.54, 1.807) is 30.3 Å². The number of benzene rings is 1. The van der Waals surface area contributed by atoms with Crippen molar-refractivity contribution < 1.29 is 4.79 Å². The Morgan fingerprint density at radius 3 is 2.61 bits per heavy atom. The highest BCUT2D eigenvalue weighted by Crippen LogP contribution is 2.10. The average molecular weight is 262 g/mol. The van der Waals surface area contributed by atoms with Gasteiger partial charge in [0, 0.05) is 5.69 Å². The lowest BCUT2D eigenvalue weighted by Gasteiger charge is -2.05. The van der Waals surface area contributed by atoms with E-state index >= 15 is 0 Å². The summed E-state index contributed by atoms with van der Waals surface area (Å²) in [4.78, 5) is 15.7. The molecule has 0 unspecified atom stereocenters. The molecule has 1 aromatic carbocycles. The van der Waals surface area contributed by atoms with Crippen LogP contribution in [0.15, 0.2) is 42.5 Å². The minimum Gasteiger partial charge on any atom is -0.399 e. The summed E-state index contributed by atoms with van der Waals surface area (Å²) in [5.41, 5.74) is 7.14. The number of nitrogens with two attached hydrogens (primary N) is 1. The second-order valence-corrected chi connectivity index (χ2v) is 4.20. The maximum absolute atomic E-state index is 11.8. The Bertz CT molecular complexity index is 554. The van der Waals surface area contributed by atoms with Crippen LogP contribution in [-0.2, 0) is 11.2 Å².